The number of carbonyl (C=O) groups excluding carboxylic acids is 1. The predicted molar refractivity (Wildman–Crippen MR) is 49.3 cm³/mol. The molecule has 0 bridgehead atoms. The predicted octanol–water partition coefficient (Wildman–Crippen LogP) is 1.01. The normalized spacial score (nSPS) is 22.5. The Balaban J connectivity index is 2.09. The third kappa shape index (κ3) is 4.51. The van der Waals surface area contributed by atoms with Gasteiger partial charge in [-0.3, -0.25) is 4.79 Å². The minimum Gasteiger partial charge on any atom is -0.345 e. The number of hydrogen-bond donors (Lipinski definition) is 1. The van der Waals surface area contributed by atoms with E-state index in [4.69, 9.17) is 0 Å². The second-order valence-electron chi connectivity index (χ2n) is 3.91. The fourth-order valence-corrected chi connectivity index (χ4v) is 1.63. The zero-order chi connectivity index (χ0) is 11.5. The Kier molecular flexibility index (Phi) is 3.96. The molecule has 0 aromatic rings. The van der Waals surface area contributed by atoms with Crippen LogP contribution >= 0.6 is 0 Å². The highest BCUT2D eigenvalue weighted by Gasteiger charge is 2.28. The summed E-state index contributed by atoms with van der Waals surface area (Å²) >= 11 is 0. The van der Waals surface area contributed by atoms with E-state index in [1.807, 2.05) is 0 Å². The first-order valence-corrected chi connectivity index (χ1v) is 4.90. The first kappa shape index (κ1) is 12.3. The molecule has 88 valence electrons. The van der Waals surface area contributed by atoms with Crippen LogP contribution in [-0.4, -0.2) is 43.7 Å². The molecule has 0 aliphatic carbocycles. The van der Waals surface area contributed by atoms with Crippen LogP contribution in [0.1, 0.15) is 12.8 Å². The molecule has 1 aliphatic heterocycles. The third-order valence-electron chi connectivity index (χ3n) is 2.44. The van der Waals surface area contributed by atoms with Gasteiger partial charge in [-0.1, -0.05) is 0 Å². The number of carbonyl (C=O) groups is 1. The van der Waals surface area contributed by atoms with Crippen LogP contribution in [0.25, 0.3) is 0 Å². The van der Waals surface area contributed by atoms with Crippen molar-refractivity contribution in [3.63, 3.8) is 0 Å². The second kappa shape index (κ2) is 4.83. The van der Waals surface area contributed by atoms with Crippen molar-refractivity contribution in [1.29, 1.82) is 0 Å². The van der Waals surface area contributed by atoms with Gasteiger partial charge in [-0.05, 0) is 5.92 Å². The van der Waals surface area contributed by atoms with Gasteiger partial charge in [0, 0.05) is 33.1 Å². The zero-order valence-electron chi connectivity index (χ0n) is 8.60. The monoisotopic (exact) mass is 224 g/mol. The van der Waals surface area contributed by atoms with Crippen LogP contribution in [0, 0.1) is 5.92 Å². The highest BCUT2D eigenvalue weighted by atomic mass is 19.4. The molecule has 1 unspecified atom stereocenters. The fraction of sp³-hybridized carbons (Fsp3) is 0.889. The van der Waals surface area contributed by atoms with E-state index in [1.165, 1.54) is 0 Å². The van der Waals surface area contributed by atoms with Crippen molar-refractivity contribution < 1.29 is 18.0 Å². The number of nitrogens with one attached hydrogen (secondary N) is 1. The number of halogens is 3. The Morgan fingerprint density at radius 3 is 2.67 bits per heavy atom. The number of likely N-dealkylation sites (tertiary alicyclic amines) is 1. The summed E-state index contributed by atoms with van der Waals surface area (Å²) in [6, 6.07) is 0. The maximum Gasteiger partial charge on any atom is 0.390 e. The Morgan fingerprint density at radius 1 is 1.53 bits per heavy atom. The minimum atomic E-state index is -4.10. The van der Waals surface area contributed by atoms with Crippen LogP contribution in [0.4, 0.5) is 13.2 Å². The molecule has 1 aliphatic rings. The van der Waals surface area contributed by atoms with Crippen LogP contribution < -0.4 is 5.32 Å². The summed E-state index contributed by atoms with van der Waals surface area (Å²) in [5, 5.41) is 2.73. The molecule has 3 nitrogen and oxygen atoms in total. The van der Waals surface area contributed by atoms with Gasteiger partial charge in [0.15, 0.2) is 0 Å². The summed E-state index contributed by atoms with van der Waals surface area (Å²) in [6.07, 6.45) is -4.48. The average Bonchev–Trinajstić information content (AvgIpc) is 2.39. The van der Waals surface area contributed by atoms with Crippen LogP contribution in [0.2, 0.25) is 0 Å². The van der Waals surface area contributed by atoms with Gasteiger partial charge in [-0.15, -0.1) is 0 Å². The minimum absolute atomic E-state index is 0.0672. The standard InChI is InChI=1S/C9H15F3N2O/c1-14-6-7(4-8(14)15)5-13-3-2-9(10,11)12/h7,13H,2-6H2,1H3. The topological polar surface area (TPSA) is 32.3 Å². The average molecular weight is 224 g/mol. The van der Waals surface area contributed by atoms with Crippen LogP contribution in [0.15, 0.2) is 0 Å². The number of nitrogens with zero attached hydrogens (tertiary/aromatic N) is 1. The van der Waals surface area contributed by atoms with Crippen molar-refractivity contribution >= 4 is 5.91 Å². The molecule has 1 atom stereocenters. The Hall–Kier alpha value is -0.780. The fourth-order valence-electron chi connectivity index (χ4n) is 1.63. The lowest BCUT2D eigenvalue weighted by molar-refractivity contribution is -0.133. The molecule has 1 amide bonds. The lowest BCUT2D eigenvalue weighted by Crippen LogP contribution is -2.28. The molecule has 15 heavy (non-hydrogen) atoms. The van der Waals surface area contributed by atoms with Gasteiger partial charge in [0.05, 0.1) is 6.42 Å². The van der Waals surface area contributed by atoms with E-state index in [1.54, 1.807) is 11.9 Å². The third-order valence-corrected chi connectivity index (χ3v) is 2.44. The Morgan fingerprint density at radius 2 is 2.20 bits per heavy atom. The van der Waals surface area contributed by atoms with Gasteiger partial charge in [-0.2, -0.15) is 13.2 Å². The van der Waals surface area contributed by atoms with Gasteiger partial charge >= 0.3 is 6.18 Å². The van der Waals surface area contributed by atoms with Gasteiger partial charge < -0.3 is 10.2 Å². The maximum absolute atomic E-state index is 11.8. The van der Waals surface area contributed by atoms with Crippen molar-refractivity contribution in [3.8, 4) is 0 Å². The number of amides is 1. The van der Waals surface area contributed by atoms with E-state index < -0.39 is 12.6 Å². The molecule has 0 spiro atoms. The molecule has 0 radical (unpaired) electrons. The Labute approximate surface area is 86.6 Å². The molecule has 0 aromatic carbocycles. The molecule has 1 fully saturated rings. The summed E-state index contributed by atoms with van der Waals surface area (Å²) in [7, 11) is 1.71. The lowest BCUT2D eigenvalue weighted by Gasteiger charge is -2.12. The molecule has 6 heteroatoms. The molecule has 1 saturated heterocycles. The van der Waals surface area contributed by atoms with E-state index in [0.717, 1.165) is 0 Å². The smallest absolute Gasteiger partial charge is 0.345 e. The van der Waals surface area contributed by atoms with Crippen molar-refractivity contribution in [2.45, 2.75) is 19.0 Å². The van der Waals surface area contributed by atoms with Crippen molar-refractivity contribution in [3.05, 3.63) is 0 Å². The highest BCUT2D eigenvalue weighted by molar-refractivity contribution is 5.78. The van der Waals surface area contributed by atoms with Gasteiger partial charge in [0.25, 0.3) is 0 Å². The maximum atomic E-state index is 11.8. The lowest BCUT2D eigenvalue weighted by atomic mass is 10.1. The molecule has 1 N–H and O–H groups in total. The van der Waals surface area contributed by atoms with Gasteiger partial charge in [0.1, 0.15) is 0 Å². The Bertz CT molecular complexity index is 230. The van der Waals surface area contributed by atoms with Crippen molar-refractivity contribution in [2.75, 3.05) is 26.7 Å². The summed E-state index contributed by atoms with van der Waals surface area (Å²) in [6.45, 7) is 1.04. The molecule has 1 rings (SSSR count). The number of rotatable bonds is 4. The van der Waals surface area contributed by atoms with Gasteiger partial charge in [0.2, 0.25) is 5.91 Å². The van der Waals surface area contributed by atoms with Crippen LogP contribution in [0.3, 0.4) is 0 Å². The highest BCUT2D eigenvalue weighted by Crippen LogP contribution is 2.19. The SMILES string of the molecule is CN1CC(CNCCC(F)(F)F)CC1=O. The number of alkyl halides is 3. The summed E-state index contributed by atoms with van der Waals surface area (Å²) in [5.74, 6) is 0.216. The first-order chi connectivity index (χ1) is 6.88. The second-order valence-corrected chi connectivity index (χ2v) is 3.91. The summed E-state index contributed by atoms with van der Waals surface area (Å²) in [4.78, 5) is 12.7. The molecule has 1 heterocycles. The first-order valence-electron chi connectivity index (χ1n) is 4.90. The van der Waals surface area contributed by atoms with E-state index in [0.29, 0.717) is 19.5 Å². The molecular formula is C9H15F3N2O. The van der Waals surface area contributed by atoms with Gasteiger partial charge in [-0.25, -0.2) is 0 Å². The zero-order valence-corrected chi connectivity index (χ0v) is 8.60. The van der Waals surface area contributed by atoms with Crippen molar-refractivity contribution in [2.24, 2.45) is 5.92 Å². The molecular weight excluding hydrogens is 209 g/mol. The summed E-state index contributed by atoms with van der Waals surface area (Å²) < 4.78 is 35.3. The molecule has 0 aromatic heterocycles. The van der Waals surface area contributed by atoms with E-state index in [2.05, 4.69) is 5.32 Å². The van der Waals surface area contributed by atoms with E-state index in [-0.39, 0.29) is 18.4 Å². The van der Waals surface area contributed by atoms with Crippen LogP contribution in [0.5, 0.6) is 0 Å². The largest absolute Gasteiger partial charge is 0.390 e. The van der Waals surface area contributed by atoms with E-state index in [9.17, 15) is 18.0 Å². The summed E-state index contributed by atoms with van der Waals surface area (Å²) in [5.41, 5.74) is 0. The van der Waals surface area contributed by atoms with Crippen molar-refractivity contribution in [1.82, 2.24) is 10.2 Å². The quantitative estimate of drug-likeness (QED) is 0.723. The molecule has 0 saturated carbocycles. The van der Waals surface area contributed by atoms with E-state index >= 15 is 0 Å². The van der Waals surface area contributed by atoms with Crippen LogP contribution in [-0.2, 0) is 4.79 Å². The number of hydrogen-bond acceptors (Lipinski definition) is 2.